The van der Waals surface area contributed by atoms with Crippen LogP contribution in [0.3, 0.4) is 0 Å². The summed E-state index contributed by atoms with van der Waals surface area (Å²) >= 11 is 0. The molecule has 5 rings (SSSR count). The van der Waals surface area contributed by atoms with Crippen LogP contribution >= 0.6 is 0 Å². The van der Waals surface area contributed by atoms with Crippen LogP contribution in [0.5, 0.6) is 11.5 Å². The van der Waals surface area contributed by atoms with Crippen molar-refractivity contribution in [1.82, 2.24) is 9.88 Å². The number of anilines is 2. The smallest absolute Gasteiger partial charge is 0.225 e. The van der Waals surface area contributed by atoms with Gasteiger partial charge in [-0.3, -0.25) is 4.79 Å². The molecule has 3 heterocycles. The molecule has 1 aromatic heterocycles. The number of methoxy groups -OCH3 is 2. The van der Waals surface area contributed by atoms with Crippen LogP contribution in [0.4, 0.5) is 11.5 Å². The number of carbonyl (C=O) groups excluding carboxylic acids is 1. The van der Waals surface area contributed by atoms with Gasteiger partial charge in [0.15, 0.2) is 11.5 Å². The van der Waals surface area contributed by atoms with Gasteiger partial charge in [0.2, 0.25) is 5.91 Å². The van der Waals surface area contributed by atoms with Crippen LogP contribution in [0.25, 0.3) is 22.0 Å². The van der Waals surface area contributed by atoms with Crippen LogP contribution < -0.4 is 20.1 Å². The van der Waals surface area contributed by atoms with Gasteiger partial charge in [0, 0.05) is 74.1 Å². The summed E-state index contributed by atoms with van der Waals surface area (Å²) in [6.07, 6.45) is 2.52. The molecule has 0 unspecified atom stereocenters. The molecule has 2 N–H and O–H groups in total. The number of nitrogens with zero attached hydrogens (tertiary/aromatic N) is 3. The third-order valence-electron chi connectivity index (χ3n) is 7.22. The third kappa shape index (κ3) is 4.65. The first-order valence-electron chi connectivity index (χ1n) is 12.6. The average molecular weight is 491 g/mol. The van der Waals surface area contributed by atoms with Crippen molar-refractivity contribution >= 4 is 28.3 Å². The van der Waals surface area contributed by atoms with Gasteiger partial charge < -0.3 is 29.7 Å². The first kappa shape index (κ1) is 24.2. The maximum atomic E-state index is 13.1. The molecule has 36 heavy (non-hydrogen) atoms. The van der Waals surface area contributed by atoms with Crippen molar-refractivity contribution < 1.29 is 19.0 Å². The molecule has 2 aliphatic heterocycles. The maximum absolute atomic E-state index is 13.1. The number of nitrogen functional groups attached to an aromatic ring is 1. The number of pyridine rings is 1. The van der Waals surface area contributed by atoms with Crippen molar-refractivity contribution in [3.63, 3.8) is 0 Å². The molecular formula is C28H34N4O4. The van der Waals surface area contributed by atoms with Crippen LogP contribution in [-0.2, 0) is 9.53 Å². The second-order valence-electron chi connectivity index (χ2n) is 9.37. The van der Waals surface area contributed by atoms with E-state index >= 15 is 0 Å². The highest BCUT2D eigenvalue weighted by molar-refractivity contribution is 6.07. The number of benzene rings is 2. The van der Waals surface area contributed by atoms with Crippen molar-refractivity contribution in [3.05, 3.63) is 42.5 Å². The van der Waals surface area contributed by atoms with Gasteiger partial charge in [0.1, 0.15) is 5.82 Å². The van der Waals surface area contributed by atoms with Crippen molar-refractivity contribution in [3.8, 4) is 22.6 Å². The van der Waals surface area contributed by atoms with Gasteiger partial charge in [-0.2, -0.15) is 0 Å². The fraction of sp³-hybridized carbons (Fsp3) is 0.429. The molecule has 0 spiro atoms. The van der Waals surface area contributed by atoms with Crippen molar-refractivity contribution in [2.24, 2.45) is 5.92 Å². The normalized spacial score (nSPS) is 17.2. The van der Waals surface area contributed by atoms with E-state index in [0.29, 0.717) is 43.5 Å². The van der Waals surface area contributed by atoms with E-state index in [2.05, 4.69) is 4.90 Å². The molecule has 2 aliphatic rings. The van der Waals surface area contributed by atoms with E-state index in [1.807, 2.05) is 47.4 Å². The number of carbonyl (C=O) groups is 1. The fourth-order valence-electron chi connectivity index (χ4n) is 5.34. The molecule has 0 saturated carbocycles. The minimum atomic E-state index is 0.0820. The van der Waals surface area contributed by atoms with Gasteiger partial charge in [0.05, 0.1) is 19.7 Å². The Labute approximate surface area is 211 Å². The Hall–Kier alpha value is -3.52. The second-order valence-corrected chi connectivity index (χ2v) is 9.37. The van der Waals surface area contributed by atoms with Gasteiger partial charge in [-0.15, -0.1) is 0 Å². The summed E-state index contributed by atoms with van der Waals surface area (Å²) in [4.78, 5) is 22.3. The Morgan fingerprint density at radius 3 is 2.53 bits per heavy atom. The van der Waals surface area contributed by atoms with Crippen LogP contribution in [0.15, 0.2) is 42.5 Å². The lowest BCUT2D eigenvalue weighted by molar-refractivity contribution is -0.138. The summed E-state index contributed by atoms with van der Waals surface area (Å²) in [7, 11) is 3.27. The highest BCUT2D eigenvalue weighted by Gasteiger charge is 2.28. The van der Waals surface area contributed by atoms with Crippen LogP contribution in [-0.4, -0.2) is 69.4 Å². The van der Waals surface area contributed by atoms with E-state index < -0.39 is 0 Å². The lowest BCUT2D eigenvalue weighted by Crippen LogP contribution is -2.40. The van der Waals surface area contributed by atoms with Crippen molar-refractivity contribution in [2.75, 3.05) is 64.2 Å². The number of ether oxygens (including phenoxy) is 3. The first-order valence-corrected chi connectivity index (χ1v) is 12.6. The zero-order valence-corrected chi connectivity index (χ0v) is 21.0. The highest BCUT2D eigenvalue weighted by atomic mass is 16.5. The van der Waals surface area contributed by atoms with E-state index in [4.69, 9.17) is 24.9 Å². The first-order chi connectivity index (χ1) is 17.6. The topological polar surface area (TPSA) is 90.2 Å². The predicted molar refractivity (Wildman–Crippen MR) is 142 cm³/mol. The monoisotopic (exact) mass is 490 g/mol. The molecule has 0 bridgehead atoms. The Balaban J connectivity index is 1.47. The SMILES string of the molecule is COc1cc2nc(N3CCCN(C(=O)C4CCOCC4)CC3)cc(N)c2c(-c2ccccc2)c1OC. The zero-order chi connectivity index (χ0) is 25.1. The van der Waals surface area contributed by atoms with Gasteiger partial charge in [-0.1, -0.05) is 30.3 Å². The number of fused-ring (bicyclic) bond motifs is 1. The summed E-state index contributed by atoms with van der Waals surface area (Å²) in [5.41, 5.74) is 9.93. The van der Waals surface area contributed by atoms with E-state index in [-0.39, 0.29) is 11.8 Å². The number of nitrogens with two attached hydrogens (primary N) is 1. The Morgan fingerprint density at radius 2 is 1.81 bits per heavy atom. The summed E-state index contributed by atoms with van der Waals surface area (Å²) in [6.45, 7) is 4.32. The molecule has 2 fully saturated rings. The summed E-state index contributed by atoms with van der Waals surface area (Å²) in [6, 6.07) is 13.8. The van der Waals surface area contributed by atoms with Crippen LogP contribution in [0.2, 0.25) is 0 Å². The molecular weight excluding hydrogens is 456 g/mol. The fourth-order valence-corrected chi connectivity index (χ4v) is 5.34. The number of hydrogen-bond donors (Lipinski definition) is 1. The van der Waals surface area contributed by atoms with Gasteiger partial charge in [-0.05, 0) is 24.8 Å². The van der Waals surface area contributed by atoms with Gasteiger partial charge in [-0.25, -0.2) is 4.98 Å². The molecule has 8 heteroatoms. The Kier molecular flexibility index (Phi) is 7.13. The minimum absolute atomic E-state index is 0.0820. The Morgan fingerprint density at radius 1 is 1.03 bits per heavy atom. The van der Waals surface area contributed by atoms with Crippen LogP contribution in [0.1, 0.15) is 19.3 Å². The van der Waals surface area contributed by atoms with Crippen molar-refractivity contribution in [2.45, 2.75) is 19.3 Å². The maximum Gasteiger partial charge on any atom is 0.225 e. The van der Waals surface area contributed by atoms with E-state index in [1.54, 1.807) is 14.2 Å². The lowest BCUT2D eigenvalue weighted by atomic mass is 9.97. The summed E-state index contributed by atoms with van der Waals surface area (Å²) < 4.78 is 16.9. The molecule has 1 amide bonds. The number of hydrogen-bond acceptors (Lipinski definition) is 7. The molecule has 3 aromatic rings. The number of amides is 1. The molecule has 190 valence electrons. The van der Waals surface area contributed by atoms with E-state index in [0.717, 1.165) is 60.2 Å². The molecule has 0 radical (unpaired) electrons. The third-order valence-corrected chi connectivity index (χ3v) is 7.22. The molecule has 2 saturated heterocycles. The minimum Gasteiger partial charge on any atom is -0.493 e. The van der Waals surface area contributed by atoms with Crippen LogP contribution in [0, 0.1) is 5.92 Å². The predicted octanol–water partition coefficient (Wildman–Crippen LogP) is 3.97. The summed E-state index contributed by atoms with van der Waals surface area (Å²) in [5, 5.41) is 0.841. The summed E-state index contributed by atoms with van der Waals surface area (Å²) in [5.74, 6) is 2.40. The quantitative estimate of drug-likeness (QED) is 0.579. The standard InChI is InChI=1S/C28H34N4O4/c1-34-23-18-22-26(25(27(23)35-2)19-7-4-3-5-8-19)21(29)17-24(30-22)31-11-6-12-32(14-13-31)28(33)20-9-15-36-16-10-20/h3-5,7-8,17-18,20H,6,9-16H2,1-2H3,(H2,29,30). The van der Waals surface area contributed by atoms with Crippen molar-refractivity contribution in [1.29, 1.82) is 0 Å². The van der Waals surface area contributed by atoms with E-state index in [9.17, 15) is 4.79 Å². The number of rotatable bonds is 5. The molecule has 0 atom stereocenters. The average Bonchev–Trinajstić information content (AvgIpc) is 3.19. The molecule has 8 nitrogen and oxygen atoms in total. The zero-order valence-electron chi connectivity index (χ0n) is 21.0. The molecule has 2 aromatic carbocycles. The second kappa shape index (κ2) is 10.6. The van der Waals surface area contributed by atoms with Gasteiger partial charge in [0.25, 0.3) is 0 Å². The number of aromatic nitrogens is 1. The van der Waals surface area contributed by atoms with E-state index in [1.165, 1.54) is 0 Å². The highest BCUT2D eigenvalue weighted by Crippen LogP contribution is 2.46. The van der Waals surface area contributed by atoms with Gasteiger partial charge >= 0.3 is 0 Å². The molecule has 0 aliphatic carbocycles. The lowest BCUT2D eigenvalue weighted by Gasteiger charge is -2.28. The largest absolute Gasteiger partial charge is 0.493 e. The Bertz CT molecular complexity index is 1230.